The summed E-state index contributed by atoms with van der Waals surface area (Å²) in [7, 11) is 0. The number of rotatable bonds is 5. The van der Waals surface area contributed by atoms with E-state index in [2.05, 4.69) is 12.2 Å². The summed E-state index contributed by atoms with van der Waals surface area (Å²) in [5, 5.41) is 12.5. The van der Waals surface area contributed by atoms with E-state index in [1.807, 2.05) is 0 Å². The topological polar surface area (TPSA) is 50.7 Å². The molecule has 0 bridgehead atoms. The Labute approximate surface area is 104 Å². The van der Waals surface area contributed by atoms with Crippen LogP contribution in [0.2, 0.25) is 0 Å². The van der Waals surface area contributed by atoms with Crippen LogP contribution in [0.25, 0.3) is 0 Å². The molecular weight excluding hydrogens is 218 g/mol. The van der Waals surface area contributed by atoms with Gasteiger partial charge in [0.15, 0.2) is 0 Å². The van der Waals surface area contributed by atoms with Crippen LogP contribution in [0.1, 0.15) is 39.0 Å². The molecule has 0 saturated carbocycles. The fraction of sp³-hybridized carbons (Fsp3) is 1.00. The van der Waals surface area contributed by atoms with Crippen molar-refractivity contribution in [1.82, 2.24) is 5.32 Å². The second-order valence-electron chi connectivity index (χ2n) is 5.46. The number of hydrogen-bond donors (Lipinski definition) is 2. The van der Waals surface area contributed by atoms with Gasteiger partial charge >= 0.3 is 0 Å². The van der Waals surface area contributed by atoms with Gasteiger partial charge in [-0.1, -0.05) is 0 Å². The van der Waals surface area contributed by atoms with Gasteiger partial charge in [-0.3, -0.25) is 0 Å². The predicted octanol–water partition coefficient (Wildman–Crippen LogP) is 1.08. The second-order valence-corrected chi connectivity index (χ2v) is 5.46. The zero-order valence-electron chi connectivity index (χ0n) is 10.8. The van der Waals surface area contributed by atoms with Crippen molar-refractivity contribution in [3.8, 4) is 0 Å². The van der Waals surface area contributed by atoms with Crippen LogP contribution >= 0.6 is 0 Å². The average molecular weight is 243 g/mol. The molecule has 2 N–H and O–H groups in total. The van der Waals surface area contributed by atoms with Crippen LogP contribution in [0.15, 0.2) is 0 Å². The van der Waals surface area contributed by atoms with Gasteiger partial charge in [0.1, 0.15) is 0 Å². The molecule has 3 atom stereocenters. The van der Waals surface area contributed by atoms with Gasteiger partial charge < -0.3 is 19.9 Å². The summed E-state index contributed by atoms with van der Waals surface area (Å²) >= 11 is 0. The lowest BCUT2D eigenvalue weighted by molar-refractivity contribution is -0.0902. The molecule has 0 aromatic rings. The number of ether oxygens (including phenoxy) is 2. The van der Waals surface area contributed by atoms with E-state index < -0.39 is 0 Å². The number of aliphatic hydroxyl groups excluding tert-OH is 1. The fourth-order valence-corrected chi connectivity index (χ4v) is 2.92. The molecule has 0 radical (unpaired) electrons. The molecule has 100 valence electrons. The van der Waals surface area contributed by atoms with E-state index in [-0.39, 0.29) is 12.2 Å². The first-order valence-electron chi connectivity index (χ1n) is 6.83. The smallest absolute Gasteiger partial charge is 0.0951 e. The lowest BCUT2D eigenvalue weighted by Gasteiger charge is -2.38. The summed E-state index contributed by atoms with van der Waals surface area (Å²) in [5.74, 6) is 0. The van der Waals surface area contributed by atoms with E-state index in [9.17, 15) is 0 Å². The molecule has 2 aliphatic heterocycles. The first-order valence-corrected chi connectivity index (χ1v) is 6.83. The summed E-state index contributed by atoms with van der Waals surface area (Å²) in [6.45, 7) is 4.93. The first kappa shape index (κ1) is 13.3. The normalized spacial score (nSPS) is 35.3. The quantitative estimate of drug-likeness (QED) is 0.758. The monoisotopic (exact) mass is 243 g/mol. The third-order valence-corrected chi connectivity index (χ3v) is 3.88. The van der Waals surface area contributed by atoms with Crippen LogP contribution in [0.4, 0.5) is 0 Å². The molecule has 3 unspecified atom stereocenters. The highest BCUT2D eigenvalue weighted by Crippen LogP contribution is 2.32. The SMILES string of the molecule is CC(CCCO)NC1CCOC2(CCOC2)C1. The molecule has 0 aromatic heterocycles. The summed E-state index contributed by atoms with van der Waals surface area (Å²) in [5.41, 5.74) is -0.00733. The molecule has 1 spiro atoms. The molecule has 17 heavy (non-hydrogen) atoms. The third kappa shape index (κ3) is 3.65. The average Bonchev–Trinajstić information content (AvgIpc) is 2.74. The van der Waals surface area contributed by atoms with Gasteiger partial charge in [0.05, 0.1) is 12.2 Å². The highest BCUT2D eigenvalue weighted by molar-refractivity contribution is 4.93. The number of hydrogen-bond acceptors (Lipinski definition) is 4. The van der Waals surface area contributed by atoms with Gasteiger partial charge in [0, 0.05) is 38.3 Å². The van der Waals surface area contributed by atoms with Crippen LogP contribution in [0.5, 0.6) is 0 Å². The molecule has 4 nitrogen and oxygen atoms in total. The number of aliphatic hydroxyl groups is 1. The first-order chi connectivity index (χ1) is 8.24. The molecule has 2 heterocycles. The standard InChI is InChI=1S/C13H25NO3/c1-11(3-2-6-15)14-12-4-7-17-13(9-12)5-8-16-10-13/h11-12,14-15H,2-10H2,1H3. The van der Waals surface area contributed by atoms with E-state index >= 15 is 0 Å². The van der Waals surface area contributed by atoms with Gasteiger partial charge in [0.2, 0.25) is 0 Å². The molecule has 4 heteroatoms. The van der Waals surface area contributed by atoms with Gasteiger partial charge in [-0.15, -0.1) is 0 Å². The van der Waals surface area contributed by atoms with Gasteiger partial charge in [-0.2, -0.15) is 0 Å². The Morgan fingerprint density at radius 3 is 3.06 bits per heavy atom. The van der Waals surface area contributed by atoms with E-state index in [4.69, 9.17) is 14.6 Å². The van der Waals surface area contributed by atoms with E-state index in [0.717, 1.165) is 51.9 Å². The van der Waals surface area contributed by atoms with Crippen LogP contribution in [-0.4, -0.2) is 49.2 Å². The molecule has 2 aliphatic rings. The van der Waals surface area contributed by atoms with Crippen LogP contribution in [-0.2, 0) is 9.47 Å². The molecule has 2 fully saturated rings. The van der Waals surface area contributed by atoms with Crippen molar-refractivity contribution in [1.29, 1.82) is 0 Å². The maximum absolute atomic E-state index is 8.82. The minimum absolute atomic E-state index is 0.00733. The molecule has 2 saturated heterocycles. The second kappa shape index (κ2) is 6.14. The Kier molecular flexibility index (Phi) is 4.79. The lowest BCUT2D eigenvalue weighted by Crippen LogP contribution is -2.49. The van der Waals surface area contributed by atoms with E-state index in [1.54, 1.807) is 0 Å². The third-order valence-electron chi connectivity index (χ3n) is 3.88. The molecule has 0 amide bonds. The molecule has 0 aliphatic carbocycles. The number of nitrogens with one attached hydrogen (secondary N) is 1. The van der Waals surface area contributed by atoms with Crippen molar-refractivity contribution in [2.45, 2.75) is 56.7 Å². The van der Waals surface area contributed by atoms with Crippen molar-refractivity contribution in [3.63, 3.8) is 0 Å². The predicted molar refractivity (Wildman–Crippen MR) is 66.1 cm³/mol. The van der Waals surface area contributed by atoms with Crippen LogP contribution in [0, 0.1) is 0 Å². The van der Waals surface area contributed by atoms with E-state index in [0.29, 0.717) is 12.1 Å². The molecular formula is C13H25NO3. The Morgan fingerprint density at radius 2 is 2.35 bits per heavy atom. The largest absolute Gasteiger partial charge is 0.396 e. The zero-order valence-corrected chi connectivity index (χ0v) is 10.8. The zero-order chi connectivity index (χ0) is 12.1. The van der Waals surface area contributed by atoms with Crippen LogP contribution in [0.3, 0.4) is 0 Å². The lowest BCUT2D eigenvalue weighted by atomic mass is 9.89. The summed E-state index contributed by atoms with van der Waals surface area (Å²) in [4.78, 5) is 0. The van der Waals surface area contributed by atoms with Crippen molar-refractivity contribution < 1.29 is 14.6 Å². The van der Waals surface area contributed by atoms with Crippen molar-refractivity contribution in [3.05, 3.63) is 0 Å². The van der Waals surface area contributed by atoms with Crippen molar-refractivity contribution >= 4 is 0 Å². The summed E-state index contributed by atoms with van der Waals surface area (Å²) in [6.07, 6.45) is 5.11. The maximum Gasteiger partial charge on any atom is 0.0951 e. The highest BCUT2D eigenvalue weighted by atomic mass is 16.6. The van der Waals surface area contributed by atoms with Crippen LogP contribution < -0.4 is 5.32 Å². The van der Waals surface area contributed by atoms with E-state index in [1.165, 1.54) is 0 Å². The minimum atomic E-state index is -0.00733. The molecule has 2 rings (SSSR count). The summed E-state index contributed by atoms with van der Waals surface area (Å²) < 4.78 is 11.4. The van der Waals surface area contributed by atoms with Crippen molar-refractivity contribution in [2.75, 3.05) is 26.4 Å². The highest BCUT2D eigenvalue weighted by Gasteiger charge is 2.41. The summed E-state index contributed by atoms with van der Waals surface area (Å²) in [6, 6.07) is 1.02. The Balaban J connectivity index is 1.77. The van der Waals surface area contributed by atoms with Gasteiger partial charge in [-0.05, 0) is 32.6 Å². The maximum atomic E-state index is 8.82. The Morgan fingerprint density at radius 1 is 1.47 bits per heavy atom. The van der Waals surface area contributed by atoms with Gasteiger partial charge in [-0.25, -0.2) is 0 Å². The van der Waals surface area contributed by atoms with Gasteiger partial charge in [0.25, 0.3) is 0 Å². The van der Waals surface area contributed by atoms with Crippen molar-refractivity contribution in [2.24, 2.45) is 0 Å². The Bertz CT molecular complexity index is 229. The fourth-order valence-electron chi connectivity index (χ4n) is 2.92. The Hall–Kier alpha value is -0.160. The minimum Gasteiger partial charge on any atom is -0.396 e. The molecule has 0 aromatic carbocycles.